The fraction of sp³-hybridized carbons (Fsp3) is 0.591. The zero-order chi connectivity index (χ0) is 20.8. The molecule has 3 rings (SSSR count). The van der Waals surface area contributed by atoms with E-state index in [1.165, 1.54) is 0 Å². The molecule has 29 heavy (non-hydrogen) atoms. The van der Waals surface area contributed by atoms with Crippen molar-refractivity contribution in [2.45, 2.75) is 45.7 Å². The van der Waals surface area contributed by atoms with Crippen molar-refractivity contribution >= 4 is 17.7 Å². The molecule has 1 aromatic rings. The average molecular weight is 401 g/mol. The normalized spacial score (nSPS) is 19.1. The van der Waals surface area contributed by atoms with Gasteiger partial charge in [0.2, 0.25) is 11.8 Å². The maximum atomic E-state index is 12.6. The molecule has 0 saturated carbocycles. The van der Waals surface area contributed by atoms with Gasteiger partial charge in [0.1, 0.15) is 12.6 Å². The molecular weight excluding hydrogens is 368 g/mol. The molecule has 158 valence electrons. The highest BCUT2D eigenvalue weighted by molar-refractivity contribution is 5.95. The number of nitrogens with one attached hydrogen (secondary N) is 1. The summed E-state index contributed by atoms with van der Waals surface area (Å²) in [5.41, 5.74) is 1.54. The number of nitrogens with zero attached hydrogens (tertiary/aromatic N) is 3. The maximum Gasteiger partial charge on any atom is 0.251 e. The Kier molecular flexibility index (Phi) is 7.25. The standard InChI is InChI=1S/C22H32N4O3/c1-3-24(4-2)13-6-12-23-21(28)18-10-8-17(9-11-18)15-25-16-20(27)26-14-5-7-19(26)22(25)29/h8-11,19H,3-7,12-16H2,1-2H3,(H,23,28). The smallest absolute Gasteiger partial charge is 0.251 e. The van der Waals surface area contributed by atoms with Crippen molar-refractivity contribution in [1.29, 1.82) is 0 Å². The number of carbonyl (C=O) groups is 3. The lowest BCUT2D eigenvalue weighted by Crippen LogP contribution is -2.56. The molecule has 2 saturated heterocycles. The average Bonchev–Trinajstić information content (AvgIpc) is 3.23. The third kappa shape index (κ3) is 5.15. The van der Waals surface area contributed by atoms with Crippen LogP contribution in [0, 0.1) is 0 Å². The molecular formula is C22H32N4O3. The van der Waals surface area contributed by atoms with Crippen LogP contribution in [0.15, 0.2) is 24.3 Å². The molecule has 1 N–H and O–H groups in total. The van der Waals surface area contributed by atoms with Gasteiger partial charge in [-0.15, -0.1) is 0 Å². The van der Waals surface area contributed by atoms with Gasteiger partial charge >= 0.3 is 0 Å². The molecule has 1 aromatic carbocycles. The highest BCUT2D eigenvalue weighted by Gasteiger charge is 2.41. The van der Waals surface area contributed by atoms with E-state index in [0.29, 0.717) is 25.2 Å². The number of amides is 3. The van der Waals surface area contributed by atoms with Gasteiger partial charge in [-0.1, -0.05) is 26.0 Å². The molecule has 0 aromatic heterocycles. The zero-order valence-corrected chi connectivity index (χ0v) is 17.5. The van der Waals surface area contributed by atoms with Gasteiger partial charge < -0.3 is 20.0 Å². The molecule has 2 heterocycles. The number of rotatable bonds is 9. The van der Waals surface area contributed by atoms with Crippen LogP contribution in [0.5, 0.6) is 0 Å². The highest BCUT2D eigenvalue weighted by atomic mass is 16.2. The van der Waals surface area contributed by atoms with Gasteiger partial charge in [0.15, 0.2) is 0 Å². The largest absolute Gasteiger partial charge is 0.352 e. The van der Waals surface area contributed by atoms with Gasteiger partial charge in [0.25, 0.3) is 5.91 Å². The van der Waals surface area contributed by atoms with Crippen LogP contribution < -0.4 is 5.32 Å². The summed E-state index contributed by atoms with van der Waals surface area (Å²) in [5.74, 6) is -0.00754. The Labute approximate surface area is 173 Å². The maximum absolute atomic E-state index is 12.6. The summed E-state index contributed by atoms with van der Waals surface area (Å²) < 4.78 is 0. The number of carbonyl (C=O) groups excluding carboxylic acids is 3. The fourth-order valence-electron chi connectivity index (χ4n) is 4.13. The van der Waals surface area contributed by atoms with Crippen LogP contribution in [0.2, 0.25) is 0 Å². The third-order valence-electron chi connectivity index (χ3n) is 5.92. The van der Waals surface area contributed by atoms with Crippen LogP contribution >= 0.6 is 0 Å². The Morgan fingerprint density at radius 3 is 2.59 bits per heavy atom. The predicted molar refractivity (Wildman–Crippen MR) is 111 cm³/mol. The molecule has 0 spiro atoms. The van der Waals surface area contributed by atoms with E-state index in [-0.39, 0.29) is 30.3 Å². The summed E-state index contributed by atoms with van der Waals surface area (Å²) in [6.45, 7) is 9.20. The monoisotopic (exact) mass is 400 g/mol. The van der Waals surface area contributed by atoms with Gasteiger partial charge in [0, 0.05) is 25.2 Å². The number of fused-ring (bicyclic) bond motifs is 1. The van der Waals surface area contributed by atoms with E-state index in [0.717, 1.165) is 44.5 Å². The second-order valence-corrected chi connectivity index (χ2v) is 7.77. The van der Waals surface area contributed by atoms with Gasteiger partial charge in [0.05, 0.1) is 0 Å². The van der Waals surface area contributed by atoms with Gasteiger partial charge in [-0.05, 0) is 56.6 Å². The number of hydrogen-bond acceptors (Lipinski definition) is 4. The SMILES string of the molecule is CCN(CC)CCCNC(=O)c1ccc(CN2CC(=O)N3CCCC3C2=O)cc1. The summed E-state index contributed by atoms with van der Waals surface area (Å²) in [6, 6.07) is 7.02. The lowest BCUT2D eigenvalue weighted by molar-refractivity contribution is -0.154. The number of hydrogen-bond donors (Lipinski definition) is 1. The van der Waals surface area contributed by atoms with E-state index < -0.39 is 0 Å². The van der Waals surface area contributed by atoms with Crippen molar-refractivity contribution in [3.05, 3.63) is 35.4 Å². The van der Waals surface area contributed by atoms with Crippen molar-refractivity contribution in [2.24, 2.45) is 0 Å². The fourth-order valence-corrected chi connectivity index (χ4v) is 4.13. The minimum atomic E-state index is -0.280. The Balaban J connectivity index is 1.49. The third-order valence-corrected chi connectivity index (χ3v) is 5.92. The molecule has 2 fully saturated rings. The van der Waals surface area contributed by atoms with E-state index in [9.17, 15) is 14.4 Å². The Morgan fingerprint density at radius 1 is 1.17 bits per heavy atom. The molecule has 3 amide bonds. The summed E-state index contributed by atoms with van der Waals surface area (Å²) in [7, 11) is 0. The number of piperazine rings is 1. The second kappa shape index (κ2) is 9.87. The summed E-state index contributed by atoms with van der Waals surface area (Å²) in [4.78, 5) is 42.9. The first-order valence-corrected chi connectivity index (χ1v) is 10.7. The van der Waals surface area contributed by atoms with Crippen molar-refractivity contribution in [3.8, 4) is 0 Å². The quantitative estimate of drug-likeness (QED) is 0.638. The van der Waals surface area contributed by atoms with Gasteiger partial charge in [-0.3, -0.25) is 14.4 Å². The minimum Gasteiger partial charge on any atom is -0.352 e. The summed E-state index contributed by atoms with van der Waals surface area (Å²) in [6.07, 6.45) is 2.58. The molecule has 0 bridgehead atoms. The first-order valence-electron chi connectivity index (χ1n) is 10.7. The molecule has 1 atom stereocenters. The molecule has 7 nitrogen and oxygen atoms in total. The van der Waals surface area contributed by atoms with Crippen molar-refractivity contribution in [1.82, 2.24) is 20.0 Å². The van der Waals surface area contributed by atoms with E-state index in [4.69, 9.17) is 0 Å². The van der Waals surface area contributed by atoms with Crippen molar-refractivity contribution < 1.29 is 14.4 Å². The minimum absolute atomic E-state index is 0.0350. The first-order chi connectivity index (χ1) is 14.0. The van der Waals surface area contributed by atoms with E-state index in [2.05, 4.69) is 24.1 Å². The Morgan fingerprint density at radius 2 is 1.90 bits per heavy atom. The molecule has 7 heteroatoms. The van der Waals surface area contributed by atoms with E-state index >= 15 is 0 Å². The zero-order valence-electron chi connectivity index (χ0n) is 17.5. The number of benzene rings is 1. The lowest BCUT2D eigenvalue weighted by atomic mass is 10.1. The van der Waals surface area contributed by atoms with Crippen molar-refractivity contribution in [3.63, 3.8) is 0 Å². The molecule has 2 aliphatic heterocycles. The Hall–Kier alpha value is -2.41. The van der Waals surface area contributed by atoms with Crippen LogP contribution in [-0.2, 0) is 16.1 Å². The highest BCUT2D eigenvalue weighted by Crippen LogP contribution is 2.24. The molecule has 0 aliphatic carbocycles. The lowest BCUT2D eigenvalue weighted by Gasteiger charge is -2.36. The van der Waals surface area contributed by atoms with Crippen LogP contribution in [0.25, 0.3) is 0 Å². The van der Waals surface area contributed by atoms with Crippen LogP contribution in [0.3, 0.4) is 0 Å². The van der Waals surface area contributed by atoms with Gasteiger partial charge in [-0.25, -0.2) is 0 Å². The van der Waals surface area contributed by atoms with Gasteiger partial charge in [-0.2, -0.15) is 0 Å². The first kappa shape index (κ1) is 21.3. The molecule has 1 unspecified atom stereocenters. The summed E-state index contributed by atoms with van der Waals surface area (Å²) >= 11 is 0. The van der Waals surface area contributed by atoms with Crippen LogP contribution in [-0.4, -0.2) is 77.7 Å². The van der Waals surface area contributed by atoms with Crippen LogP contribution in [0.4, 0.5) is 0 Å². The summed E-state index contributed by atoms with van der Waals surface area (Å²) in [5, 5.41) is 2.96. The van der Waals surface area contributed by atoms with E-state index in [1.54, 1.807) is 21.9 Å². The van der Waals surface area contributed by atoms with Crippen molar-refractivity contribution in [2.75, 3.05) is 39.3 Å². The predicted octanol–water partition coefficient (Wildman–Crippen LogP) is 1.48. The molecule has 0 radical (unpaired) electrons. The Bertz CT molecular complexity index is 730. The van der Waals surface area contributed by atoms with Crippen LogP contribution in [0.1, 0.15) is 49.0 Å². The molecule has 2 aliphatic rings. The van der Waals surface area contributed by atoms with E-state index in [1.807, 2.05) is 12.1 Å². The topological polar surface area (TPSA) is 73.0 Å². The second-order valence-electron chi connectivity index (χ2n) is 7.77.